The highest BCUT2D eigenvalue weighted by Crippen LogP contribution is 2.30. The van der Waals surface area contributed by atoms with Crippen molar-refractivity contribution in [3.8, 4) is 5.75 Å². The van der Waals surface area contributed by atoms with E-state index in [1.165, 1.54) is 11.9 Å². The molecule has 0 unspecified atom stereocenters. The molecule has 0 aliphatic carbocycles. The Labute approximate surface area is 117 Å². The Balaban J connectivity index is 2.11. The second kappa shape index (κ2) is 6.67. The number of aromatic nitrogens is 3. The van der Waals surface area contributed by atoms with Gasteiger partial charge in [-0.25, -0.2) is 15.8 Å². The van der Waals surface area contributed by atoms with Crippen LogP contribution in [0.3, 0.4) is 0 Å². The monoisotopic (exact) mass is 274 g/mol. The van der Waals surface area contributed by atoms with Crippen LogP contribution in [0.25, 0.3) is 0 Å². The van der Waals surface area contributed by atoms with Crippen LogP contribution in [0.4, 0.5) is 11.6 Å². The third kappa shape index (κ3) is 3.12. The summed E-state index contributed by atoms with van der Waals surface area (Å²) in [4.78, 5) is 14.3. The summed E-state index contributed by atoms with van der Waals surface area (Å²) >= 11 is 0. The third-order valence-electron chi connectivity index (χ3n) is 2.97. The van der Waals surface area contributed by atoms with Crippen molar-refractivity contribution in [2.24, 2.45) is 5.84 Å². The Hall–Kier alpha value is -2.41. The van der Waals surface area contributed by atoms with Gasteiger partial charge in [-0.05, 0) is 24.1 Å². The largest absolute Gasteiger partial charge is 0.490 e. The van der Waals surface area contributed by atoms with E-state index in [0.717, 1.165) is 13.0 Å². The van der Waals surface area contributed by atoms with Gasteiger partial charge in [0.15, 0.2) is 11.6 Å². The molecule has 0 saturated carbocycles. The van der Waals surface area contributed by atoms with Crippen molar-refractivity contribution in [3.05, 3.63) is 36.4 Å². The molecule has 2 rings (SSSR count). The molecule has 106 valence electrons. The number of nitrogens with two attached hydrogens (primary N) is 1. The number of likely N-dealkylation sites (N-methyl/N-ethyl adjacent to an activating group) is 1. The predicted molar refractivity (Wildman–Crippen MR) is 77.6 cm³/mol. The van der Waals surface area contributed by atoms with Gasteiger partial charge < -0.3 is 15.1 Å². The normalized spacial score (nSPS) is 10.2. The standard InChI is InChI=1S/C13H18N6O/c1-19(8-5-10-3-6-15-7-4-10)13-11(20-2)12(18-14)16-9-17-13/h3-4,6-7,9H,5,8,14H2,1-2H3,(H,16,17,18). The lowest BCUT2D eigenvalue weighted by Crippen LogP contribution is -2.23. The van der Waals surface area contributed by atoms with Gasteiger partial charge in [-0.15, -0.1) is 0 Å². The fraction of sp³-hybridized carbons (Fsp3) is 0.308. The van der Waals surface area contributed by atoms with E-state index >= 15 is 0 Å². The molecule has 20 heavy (non-hydrogen) atoms. The molecule has 0 bridgehead atoms. The number of hydrogen-bond acceptors (Lipinski definition) is 7. The second-order valence-electron chi connectivity index (χ2n) is 4.25. The molecule has 0 aliphatic heterocycles. The summed E-state index contributed by atoms with van der Waals surface area (Å²) in [5, 5.41) is 0. The Morgan fingerprint density at radius 3 is 2.70 bits per heavy atom. The Bertz CT molecular complexity index is 548. The van der Waals surface area contributed by atoms with Crippen molar-refractivity contribution in [2.75, 3.05) is 31.0 Å². The predicted octanol–water partition coefficient (Wildman–Crippen LogP) is 0.845. The maximum atomic E-state index is 5.41. The van der Waals surface area contributed by atoms with Crippen LogP contribution in [0.1, 0.15) is 5.56 Å². The zero-order chi connectivity index (χ0) is 14.4. The molecule has 0 radical (unpaired) electrons. The van der Waals surface area contributed by atoms with Gasteiger partial charge in [0, 0.05) is 26.0 Å². The fourth-order valence-corrected chi connectivity index (χ4v) is 1.88. The molecule has 2 aromatic heterocycles. The van der Waals surface area contributed by atoms with E-state index in [-0.39, 0.29) is 0 Å². The number of anilines is 2. The number of rotatable bonds is 6. The van der Waals surface area contributed by atoms with E-state index in [9.17, 15) is 0 Å². The summed E-state index contributed by atoms with van der Waals surface area (Å²) in [5.41, 5.74) is 3.72. The molecule has 0 amide bonds. The van der Waals surface area contributed by atoms with Crippen LogP contribution in [-0.2, 0) is 6.42 Å². The highest BCUT2D eigenvalue weighted by Gasteiger charge is 2.14. The zero-order valence-corrected chi connectivity index (χ0v) is 11.6. The number of hydrogen-bond donors (Lipinski definition) is 2. The van der Waals surface area contributed by atoms with Crippen molar-refractivity contribution in [3.63, 3.8) is 0 Å². The number of nitrogens with zero attached hydrogens (tertiary/aromatic N) is 4. The molecule has 7 heteroatoms. The van der Waals surface area contributed by atoms with E-state index in [1.54, 1.807) is 19.5 Å². The molecule has 3 N–H and O–H groups in total. The van der Waals surface area contributed by atoms with E-state index in [0.29, 0.717) is 17.4 Å². The van der Waals surface area contributed by atoms with Gasteiger partial charge in [-0.3, -0.25) is 4.98 Å². The Kier molecular flexibility index (Phi) is 4.67. The van der Waals surface area contributed by atoms with Crippen molar-refractivity contribution in [1.82, 2.24) is 15.0 Å². The van der Waals surface area contributed by atoms with Crippen LogP contribution in [-0.4, -0.2) is 35.7 Å². The first-order chi connectivity index (χ1) is 9.76. The smallest absolute Gasteiger partial charge is 0.205 e. The first kappa shape index (κ1) is 14.0. The van der Waals surface area contributed by atoms with E-state index < -0.39 is 0 Å². The highest BCUT2D eigenvalue weighted by atomic mass is 16.5. The van der Waals surface area contributed by atoms with Crippen molar-refractivity contribution in [2.45, 2.75) is 6.42 Å². The van der Waals surface area contributed by atoms with E-state index in [1.807, 2.05) is 24.1 Å². The average molecular weight is 274 g/mol. The molecule has 2 heterocycles. The molecular formula is C13H18N6O. The molecule has 0 saturated heterocycles. The number of pyridine rings is 1. The third-order valence-corrected chi connectivity index (χ3v) is 2.97. The maximum Gasteiger partial charge on any atom is 0.205 e. The summed E-state index contributed by atoms with van der Waals surface area (Å²) in [6.07, 6.45) is 5.92. The van der Waals surface area contributed by atoms with Crippen molar-refractivity contribution in [1.29, 1.82) is 0 Å². The van der Waals surface area contributed by atoms with Crippen LogP contribution in [0.5, 0.6) is 5.75 Å². The topological polar surface area (TPSA) is 89.2 Å². The number of ether oxygens (including phenoxy) is 1. The summed E-state index contributed by atoms with van der Waals surface area (Å²) in [6.45, 7) is 0.793. The number of nitrogen functional groups attached to an aromatic ring is 1. The lowest BCUT2D eigenvalue weighted by Gasteiger charge is -2.21. The van der Waals surface area contributed by atoms with Crippen LogP contribution >= 0.6 is 0 Å². The van der Waals surface area contributed by atoms with Crippen LogP contribution in [0.2, 0.25) is 0 Å². The zero-order valence-electron chi connectivity index (χ0n) is 11.6. The van der Waals surface area contributed by atoms with Gasteiger partial charge >= 0.3 is 0 Å². The van der Waals surface area contributed by atoms with Crippen LogP contribution in [0.15, 0.2) is 30.9 Å². The molecule has 0 spiro atoms. The Morgan fingerprint density at radius 1 is 1.30 bits per heavy atom. The van der Waals surface area contributed by atoms with Crippen LogP contribution < -0.4 is 20.9 Å². The molecule has 0 fully saturated rings. The maximum absolute atomic E-state index is 5.41. The van der Waals surface area contributed by atoms with Crippen molar-refractivity contribution >= 4 is 11.6 Å². The van der Waals surface area contributed by atoms with Gasteiger partial charge in [0.1, 0.15) is 6.33 Å². The number of hydrazine groups is 1. The van der Waals surface area contributed by atoms with E-state index in [4.69, 9.17) is 10.6 Å². The molecule has 0 aliphatic rings. The van der Waals surface area contributed by atoms with Gasteiger partial charge in [-0.1, -0.05) is 0 Å². The minimum Gasteiger partial charge on any atom is -0.490 e. The van der Waals surface area contributed by atoms with E-state index in [2.05, 4.69) is 20.4 Å². The minimum absolute atomic E-state index is 0.466. The summed E-state index contributed by atoms with van der Waals surface area (Å²) in [6, 6.07) is 4.00. The Morgan fingerprint density at radius 2 is 2.05 bits per heavy atom. The summed E-state index contributed by atoms with van der Waals surface area (Å²) < 4.78 is 5.32. The van der Waals surface area contributed by atoms with Crippen molar-refractivity contribution < 1.29 is 4.74 Å². The quantitative estimate of drug-likeness (QED) is 0.596. The van der Waals surface area contributed by atoms with Gasteiger partial charge in [0.25, 0.3) is 0 Å². The SMILES string of the molecule is COc1c(NN)ncnc1N(C)CCc1ccncc1. The average Bonchev–Trinajstić information content (AvgIpc) is 2.52. The molecule has 7 nitrogen and oxygen atoms in total. The first-order valence-corrected chi connectivity index (χ1v) is 6.22. The highest BCUT2D eigenvalue weighted by molar-refractivity contribution is 5.64. The number of nitrogens with one attached hydrogen (secondary N) is 1. The van der Waals surface area contributed by atoms with Crippen LogP contribution in [0, 0.1) is 0 Å². The molecule has 0 atom stereocenters. The lowest BCUT2D eigenvalue weighted by molar-refractivity contribution is 0.413. The summed E-state index contributed by atoms with van der Waals surface area (Å²) in [7, 11) is 3.52. The molecular weight excluding hydrogens is 256 g/mol. The summed E-state index contributed by atoms with van der Waals surface area (Å²) in [5.74, 6) is 7.11. The first-order valence-electron chi connectivity index (χ1n) is 6.22. The molecule has 2 aromatic rings. The molecule has 0 aromatic carbocycles. The van der Waals surface area contributed by atoms with Gasteiger partial charge in [0.05, 0.1) is 7.11 Å². The minimum atomic E-state index is 0.466. The second-order valence-corrected chi connectivity index (χ2v) is 4.25. The number of methoxy groups -OCH3 is 1. The lowest BCUT2D eigenvalue weighted by atomic mass is 10.2. The fourth-order valence-electron chi connectivity index (χ4n) is 1.88. The van der Waals surface area contributed by atoms with Gasteiger partial charge in [-0.2, -0.15) is 0 Å². The van der Waals surface area contributed by atoms with Gasteiger partial charge in [0.2, 0.25) is 5.75 Å².